The lowest BCUT2D eigenvalue weighted by molar-refractivity contribution is -0.141. The van der Waals surface area contributed by atoms with Gasteiger partial charge in [0.15, 0.2) is 17.0 Å². The Morgan fingerprint density at radius 2 is 1.58 bits per heavy atom. The van der Waals surface area contributed by atoms with Crippen molar-refractivity contribution in [2.75, 3.05) is 62.6 Å². The molecule has 17 nitrogen and oxygen atoms in total. The average molecular weight is 947 g/mol. The summed E-state index contributed by atoms with van der Waals surface area (Å²) in [5.74, 6) is -1.31. The molecule has 1 unspecified atom stereocenters. The molecule has 3 saturated heterocycles. The molecule has 3 aromatic heterocycles. The topological polar surface area (TPSA) is 191 Å². The summed E-state index contributed by atoms with van der Waals surface area (Å²) in [6, 6.07) is 15.7. The normalized spacial score (nSPS) is 21.6. The zero-order chi connectivity index (χ0) is 47.8. The Balaban J connectivity index is 0.634. The van der Waals surface area contributed by atoms with Crippen molar-refractivity contribution in [3.8, 4) is 0 Å². The van der Waals surface area contributed by atoms with Crippen molar-refractivity contribution in [3.63, 3.8) is 0 Å². The number of rotatable bonds is 14. The highest BCUT2D eigenvalue weighted by Gasteiger charge is 2.45. The number of unbranched alkanes of at least 4 members (excludes halogenated alkanes) is 1. The molecule has 7 heterocycles. The number of aromatic nitrogens is 5. The van der Waals surface area contributed by atoms with Crippen molar-refractivity contribution in [3.05, 3.63) is 101 Å². The van der Waals surface area contributed by atoms with Gasteiger partial charge < -0.3 is 25.0 Å². The van der Waals surface area contributed by atoms with Crippen LogP contribution in [-0.2, 0) is 22.2 Å². The molecule has 5 amide bonds. The van der Waals surface area contributed by atoms with Crippen LogP contribution in [0.3, 0.4) is 0 Å². The summed E-state index contributed by atoms with van der Waals surface area (Å²) >= 11 is 0. The molecule has 20 heteroatoms. The number of nitrogens with one attached hydrogen (secondary N) is 3. The van der Waals surface area contributed by atoms with Crippen LogP contribution in [-0.4, -0.2) is 133 Å². The fourth-order valence-corrected chi connectivity index (χ4v) is 10.4. The van der Waals surface area contributed by atoms with E-state index in [1.165, 1.54) is 31.3 Å². The first-order valence-electron chi connectivity index (χ1n) is 23.8. The van der Waals surface area contributed by atoms with Crippen LogP contribution in [0.5, 0.6) is 0 Å². The Bertz CT molecular complexity index is 2760. The second-order valence-corrected chi connectivity index (χ2v) is 18.7. The third kappa shape index (κ3) is 9.77. The van der Waals surface area contributed by atoms with E-state index in [4.69, 9.17) is 0 Å². The van der Waals surface area contributed by atoms with Gasteiger partial charge in [0.25, 0.3) is 17.7 Å². The SMILES string of the molecule is O=C1CCC(N2C(=O)c3cccc(CCCCN4CCC(CN5CCN(c6ccc(Nc7ncnc8c7ncn8C7CC(NC(=O)c8cccc(C(F)(F)F)n8)C7)cc6)CC5)CC4)c3C2=O)C(=O)N1. The maximum Gasteiger partial charge on any atom is 0.433 e. The van der Waals surface area contributed by atoms with E-state index in [9.17, 15) is 37.1 Å². The minimum atomic E-state index is -4.63. The summed E-state index contributed by atoms with van der Waals surface area (Å²) in [4.78, 5) is 89.1. The van der Waals surface area contributed by atoms with Crippen LogP contribution in [0.2, 0.25) is 0 Å². The molecule has 1 saturated carbocycles. The predicted octanol–water partition coefficient (Wildman–Crippen LogP) is 5.38. The smallest absolute Gasteiger partial charge is 0.369 e. The lowest BCUT2D eigenvalue weighted by atomic mass is 9.86. The number of imidazole rings is 1. The van der Waals surface area contributed by atoms with Crippen molar-refractivity contribution < 1.29 is 37.1 Å². The average Bonchev–Trinajstić information content (AvgIpc) is 3.88. The number of anilines is 3. The number of piperidine rings is 2. The Morgan fingerprint density at radius 1 is 0.812 bits per heavy atom. The van der Waals surface area contributed by atoms with Gasteiger partial charge >= 0.3 is 6.18 Å². The Kier molecular flexibility index (Phi) is 12.9. The van der Waals surface area contributed by atoms with Crippen LogP contribution in [0, 0.1) is 5.92 Å². The standard InChI is InChI=1S/C49H53F3N12O5/c50-49(51,52)39-9-4-8-37(58-39)45(66)57-33-25-35(26-33)63-29-55-42-43(53-28-54-44(42)63)56-32-10-12-34(13-11-32)62-23-21-61(22-24-62)27-30-16-19-60(20-17-30)18-2-1-5-31-6-3-7-36-41(31)48(69)64(47(36)68)38-14-15-40(65)59-46(38)67/h3-4,6-13,28-30,33,35,38H,1-2,5,14-27H2,(H,57,66)(H,53,54,56)(H,59,65,67). The third-order valence-electron chi connectivity index (χ3n) is 14.3. The number of imide groups is 2. The van der Waals surface area contributed by atoms with E-state index in [1.807, 2.05) is 22.8 Å². The van der Waals surface area contributed by atoms with Gasteiger partial charge in [-0.1, -0.05) is 18.2 Å². The molecule has 360 valence electrons. The van der Waals surface area contributed by atoms with E-state index >= 15 is 0 Å². The molecule has 5 aliphatic rings. The number of hydrogen-bond acceptors (Lipinski definition) is 13. The summed E-state index contributed by atoms with van der Waals surface area (Å²) in [6.07, 6.45) is 4.79. The first-order chi connectivity index (χ1) is 33.4. The summed E-state index contributed by atoms with van der Waals surface area (Å²) in [5, 5.41) is 8.44. The molecule has 10 rings (SSSR count). The maximum absolute atomic E-state index is 13.5. The molecule has 5 aromatic rings. The Labute approximate surface area is 395 Å². The van der Waals surface area contributed by atoms with Gasteiger partial charge in [-0.3, -0.25) is 39.1 Å². The molecule has 1 aliphatic carbocycles. The highest BCUT2D eigenvalue weighted by atomic mass is 19.4. The number of pyridine rings is 1. The number of halogens is 3. The van der Waals surface area contributed by atoms with Gasteiger partial charge in [0, 0.05) is 62.6 Å². The van der Waals surface area contributed by atoms with Crippen molar-refractivity contribution in [2.45, 2.75) is 82.1 Å². The summed E-state index contributed by atoms with van der Waals surface area (Å²) < 4.78 is 41.2. The van der Waals surface area contributed by atoms with Crippen LogP contribution >= 0.6 is 0 Å². The first-order valence-corrected chi connectivity index (χ1v) is 23.8. The monoisotopic (exact) mass is 946 g/mol. The number of aryl methyl sites for hydroxylation is 1. The summed E-state index contributed by atoms with van der Waals surface area (Å²) in [5.41, 5.74) is 3.45. The van der Waals surface area contributed by atoms with Crippen LogP contribution in [0.15, 0.2) is 73.3 Å². The summed E-state index contributed by atoms with van der Waals surface area (Å²) in [7, 11) is 0. The molecule has 2 aromatic carbocycles. The molecule has 4 fully saturated rings. The first kappa shape index (κ1) is 46.0. The third-order valence-corrected chi connectivity index (χ3v) is 14.3. The molecule has 0 radical (unpaired) electrons. The molecular formula is C49H53F3N12O5. The lowest BCUT2D eigenvalue weighted by Gasteiger charge is -2.39. The maximum atomic E-state index is 13.5. The number of piperazine rings is 1. The number of nitrogens with zero attached hydrogens (tertiary/aromatic N) is 9. The quantitative estimate of drug-likeness (QED) is 0.0952. The number of carbonyl (C=O) groups is 5. The zero-order valence-corrected chi connectivity index (χ0v) is 38.0. The van der Waals surface area contributed by atoms with Crippen molar-refractivity contribution in [2.24, 2.45) is 5.92 Å². The van der Waals surface area contributed by atoms with Gasteiger partial charge in [-0.2, -0.15) is 13.2 Å². The van der Waals surface area contributed by atoms with Crippen LogP contribution in [0.1, 0.15) is 99.9 Å². The van der Waals surface area contributed by atoms with Gasteiger partial charge in [-0.15, -0.1) is 0 Å². The van der Waals surface area contributed by atoms with E-state index in [0.717, 1.165) is 93.1 Å². The molecule has 69 heavy (non-hydrogen) atoms. The van der Waals surface area contributed by atoms with Crippen LogP contribution in [0.25, 0.3) is 11.2 Å². The van der Waals surface area contributed by atoms with E-state index in [0.29, 0.717) is 53.3 Å². The summed E-state index contributed by atoms with van der Waals surface area (Å²) in [6.45, 7) is 8.14. The molecule has 0 bridgehead atoms. The van der Waals surface area contributed by atoms with Crippen molar-refractivity contribution in [1.82, 2.24) is 49.8 Å². The highest BCUT2D eigenvalue weighted by molar-refractivity contribution is 6.24. The second kappa shape index (κ2) is 19.3. The number of alkyl halides is 3. The van der Waals surface area contributed by atoms with E-state index in [2.05, 4.69) is 62.7 Å². The van der Waals surface area contributed by atoms with Crippen molar-refractivity contribution in [1.29, 1.82) is 0 Å². The Morgan fingerprint density at radius 3 is 2.33 bits per heavy atom. The number of carbonyl (C=O) groups excluding carboxylic acids is 5. The zero-order valence-electron chi connectivity index (χ0n) is 38.0. The van der Waals surface area contributed by atoms with Gasteiger partial charge in [0.05, 0.1) is 17.5 Å². The lowest BCUT2D eigenvalue weighted by Crippen LogP contribution is -2.54. The second-order valence-electron chi connectivity index (χ2n) is 18.7. The molecule has 3 N–H and O–H groups in total. The predicted molar refractivity (Wildman–Crippen MR) is 248 cm³/mol. The minimum Gasteiger partial charge on any atom is -0.369 e. The van der Waals surface area contributed by atoms with Gasteiger partial charge in [-0.25, -0.2) is 19.9 Å². The highest BCUT2D eigenvalue weighted by Crippen LogP contribution is 2.36. The van der Waals surface area contributed by atoms with E-state index in [-0.39, 0.29) is 36.5 Å². The van der Waals surface area contributed by atoms with Gasteiger partial charge in [0.1, 0.15) is 23.8 Å². The largest absolute Gasteiger partial charge is 0.433 e. The number of benzene rings is 2. The van der Waals surface area contributed by atoms with E-state index in [1.54, 1.807) is 18.5 Å². The van der Waals surface area contributed by atoms with Crippen LogP contribution < -0.4 is 20.9 Å². The minimum absolute atomic E-state index is 0.00155. The van der Waals surface area contributed by atoms with Crippen LogP contribution in [0.4, 0.5) is 30.4 Å². The van der Waals surface area contributed by atoms with E-state index < -0.39 is 41.5 Å². The number of amides is 5. The fraction of sp³-hybridized carbons (Fsp3) is 0.449. The Hall–Kier alpha value is -6.80. The number of likely N-dealkylation sites (tertiary alicyclic amines) is 1. The van der Waals surface area contributed by atoms with Gasteiger partial charge in [-0.05, 0) is 125 Å². The number of hydrogen-bond donors (Lipinski definition) is 3. The molecule has 4 aliphatic heterocycles. The fourth-order valence-electron chi connectivity index (χ4n) is 10.4. The van der Waals surface area contributed by atoms with Gasteiger partial charge in [0.2, 0.25) is 11.8 Å². The molecular weight excluding hydrogens is 894 g/mol. The molecule has 0 spiro atoms. The molecule has 1 atom stereocenters. The van der Waals surface area contributed by atoms with Crippen molar-refractivity contribution >= 4 is 57.9 Å². The number of fused-ring (bicyclic) bond motifs is 2.